The fourth-order valence-corrected chi connectivity index (χ4v) is 7.32. The fourth-order valence-electron chi connectivity index (χ4n) is 7.32. The number of nitrogens with zero attached hydrogens (tertiary/aromatic N) is 1. The molecular formula is C25H33NO2. The zero-order chi connectivity index (χ0) is 19.5. The van der Waals surface area contributed by atoms with Crippen LogP contribution in [-0.4, -0.2) is 27.4 Å². The van der Waals surface area contributed by atoms with E-state index in [1.807, 2.05) is 12.3 Å². The lowest BCUT2D eigenvalue weighted by atomic mass is 9.48. The van der Waals surface area contributed by atoms with Crippen molar-refractivity contribution in [2.24, 2.45) is 28.6 Å². The fraction of sp³-hybridized carbons (Fsp3) is 0.640. The van der Waals surface area contributed by atoms with Gasteiger partial charge in [0.15, 0.2) is 0 Å². The molecule has 1 heterocycles. The molecule has 0 aromatic carbocycles. The van der Waals surface area contributed by atoms with Crippen molar-refractivity contribution in [3.8, 4) is 0 Å². The first-order valence-corrected chi connectivity index (χ1v) is 11.1. The van der Waals surface area contributed by atoms with E-state index in [-0.39, 0.29) is 23.0 Å². The molecule has 2 N–H and O–H groups in total. The van der Waals surface area contributed by atoms with Crippen molar-refractivity contribution >= 4 is 6.08 Å². The molecule has 3 fully saturated rings. The van der Waals surface area contributed by atoms with Crippen molar-refractivity contribution in [1.29, 1.82) is 0 Å². The molecule has 0 saturated heterocycles. The number of allylic oxidation sites excluding steroid dienone is 1. The average molecular weight is 380 g/mol. The molecule has 1 aromatic heterocycles. The van der Waals surface area contributed by atoms with Crippen LogP contribution >= 0.6 is 0 Å². The van der Waals surface area contributed by atoms with Gasteiger partial charge >= 0.3 is 0 Å². The third-order valence-electron chi connectivity index (χ3n) is 8.98. The monoisotopic (exact) mass is 379 g/mol. The highest BCUT2D eigenvalue weighted by Crippen LogP contribution is 2.65. The van der Waals surface area contributed by atoms with Crippen LogP contribution in [0.5, 0.6) is 0 Å². The molecule has 4 aliphatic rings. The van der Waals surface area contributed by atoms with Crippen molar-refractivity contribution in [3.63, 3.8) is 0 Å². The Bertz CT molecular complexity index is 815. The number of pyridine rings is 1. The number of hydrogen-bond acceptors (Lipinski definition) is 3. The normalized spacial score (nSPS) is 46.5. The van der Waals surface area contributed by atoms with Gasteiger partial charge in [-0.3, -0.25) is 4.98 Å². The Morgan fingerprint density at radius 1 is 1.11 bits per heavy atom. The standard InChI is InChI=1S/C25H33NO2/c1-24-9-7-19(27)14-18(24)5-6-20-21(24)8-10-25(2)22(20)13-17(23(25)28)12-16-4-3-11-26-15-16/h3-5,11-12,15,19-23,27-28H,6-10,13-14H2,1-2H3/t19-,20+,21-,22-,23-,24-,25-/m0/s1. The molecule has 0 aliphatic heterocycles. The highest BCUT2D eigenvalue weighted by Gasteiger charge is 2.59. The minimum atomic E-state index is -0.343. The van der Waals surface area contributed by atoms with E-state index in [4.69, 9.17) is 0 Å². The molecule has 3 nitrogen and oxygen atoms in total. The van der Waals surface area contributed by atoms with E-state index in [2.05, 4.69) is 37.0 Å². The summed E-state index contributed by atoms with van der Waals surface area (Å²) in [6, 6.07) is 4.04. The van der Waals surface area contributed by atoms with Gasteiger partial charge in [0, 0.05) is 17.8 Å². The highest BCUT2D eigenvalue weighted by atomic mass is 16.3. The molecule has 3 saturated carbocycles. The Kier molecular flexibility index (Phi) is 4.33. The van der Waals surface area contributed by atoms with Gasteiger partial charge in [0.25, 0.3) is 0 Å². The lowest BCUT2D eigenvalue weighted by molar-refractivity contribution is -0.0685. The molecule has 0 spiro atoms. The number of rotatable bonds is 1. The van der Waals surface area contributed by atoms with Gasteiger partial charge in [0.1, 0.15) is 0 Å². The molecule has 3 heteroatoms. The highest BCUT2D eigenvalue weighted by molar-refractivity contribution is 5.54. The van der Waals surface area contributed by atoms with Gasteiger partial charge < -0.3 is 10.2 Å². The van der Waals surface area contributed by atoms with Crippen LogP contribution in [0.25, 0.3) is 6.08 Å². The Morgan fingerprint density at radius 3 is 2.75 bits per heavy atom. The predicted molar refractivity (Wildman–Crippen MR) is 111 cm³/mol. The number of hydrogen-bond donors (Lipinski definition) is 2. The smallest absolute Gasteiger partial charge is 0.0809 e. The maximum atomic E-state index is 11.3. The Labute approximate surface area is 168 Å². The second kappa shape index (κ2) is 6.53. The summed E-state index contributed by atoms with van der Waals surface area (Å²) >= 11 is 0. The third kappa shape index (κ3) is 2.66. The van der Waals surface area contributed by atoms with Gasteiger partial charge in [-0.1, -0.05) is 37.6 Å². The van der Waals surface area contributed by atoms with Crippen molar-refractivity contribution in [2.45, 2.75) is 71.0 Å². The van der Waals surface area contributed by atoms with Gasteiger partial charge in [-0.15, -0.1) is 0 Å². The SMILES string of the molecule is C[C@]12CC[C@H]3[C@@H](CC=C4C[C@@H](O)CC[C@@]43C)[C@@H]1CC(=Cc1cccnc1)[C@@H]2O. The summed E-state index contributed by atoms with van der Waals surface area (Å²) in [6.45, 7) is 4.79. The van der Waals surface area contributed by atoms with Crippen molar-refractivity contribution in [3.05, 3.63) is 47.3 Å². The molecule has 28 heavy (non-hydrogen) atoms. The second-order valence-electron chi connectivity index (χ2n) is 10.3. The lowest BCUT2D eigenvalue weighted by Gasteiger charge is -2.57. The summed E-state index contributed by atoms with van der Waals surface area (Å²) in [5.74, 6) is 1.89. The molecule has 0 amide bonds. The minimum absolute atomic E-state index is 0.00884. The molecule has 0 bridgehead atoms. The molecule has 4 aliphatic carbocycles. The summed E-state index contributed by atoms with van der Waals surface area (Å²) in [5.41, 5.74) is 4.05. The number of aliphatic hydroxyl groups is 2. The maximum absolute atomic E-state index is 11.3. The van der Waals surface area contributed by atoms with E-state index >= 15 is 0 Å². The van der Waals surface area contributed by atoms with Crippen LogP contribution in [0.1, 0.15) is 64.4 Å². The van der Waals surface area contributed by atoms with Crippen molar-refractivity contribution < 1.29 is 10.2 Å². The van der Waals surface area contributed by atoms with Crippen LogP contribution in [0.15, 0.2) is 41.7 Å². The van der Waals surface area contributed by atoms with Crippen LogP contribution in [0, 0.1) is 28.6 Å². The van der Waals surface area contributed by atoms with Crippen LogP contribution in [0.4, 0.5) is 0 Å². The summed E-state index contributed by atoms with van der Waals surface area (Å²) in [4.78, 5) is 4.23. The summed E-state index contributed by atoms with van der Waals surface area (Å²) in [6.07, 6.45) is 15.2. The average Bonchev–Trinajstić information content (AvgIpc) is 2.94. The van der Waals surface area contributed by atoms with Gasteiger partial charge in [-0.25, -0.2) is 0 Å². The number of aromatic nitrogens is 1. The Hall–Kier alpha value is -1.45. The Morgan fingerprint density at radius 2 is 1.96 bits per heavy atom. The number of fused-ring (bicyclic) bond motifs is 5. The van der Waals surface area contributed by atoms with Gasteiger partial charge in [0.2, 0.25) is 0 Å². The lowest BCUT2D eigenvalue weighted by Crippen LogP contribution is -2.51. The second-order valence-corrected chi connectivity index (χ2v) is 10.3. The topological polar surface area (TPSA) is 53.4 Å². The number of aliphatic hydroxyl groups excluding tert-OH is 2. The summed E-state index contributed by atoms with van der Waals surface area (Å²) in [5, 5.41) is 21.5. The van der Waals surface area contributed by atoms with E-state index < -0.39 is 0 Å². The molecule has 0 unspecified atom stereocenters. The van der Waals surface area contributed by atoms with Gasteiger partial charge in [-0.05, 0) is 85.3 Å². The summed E-state index contributed by atoms with van der Waals surface area (Å²) in [7, 11) is 0. The quantitative estimate of drug-likeness (QED) is 0.692. The molecule has 5 rings (SSSR count). The van der Waals surface area contributed by atoms with Crippen LogP contribution in [0.2, 0.25) is 0 Å². The predicted octanol–water partition coefficient (Wildman–Crippen LogP) is 4.76. The van der Waals surface area contributed by atoms with E-state index in [0.717, 1.165) is 44.1 Å². The zero-order valence-electron chi connectivity index (χ0n) is 17.1. The molecule has 7 atom stereocenters. The Balaban J connectivity index is 1.47. The first kappa shape index (κ1) is 18.6. The molecule has 150 valence electrons. The van der Waals surface area contributed by atoms with Gasteiger partial charge in [0.05, 0.1) is 12.2 Å². The summed E-state index contributed by atoms with van der Waals surface area (Å²) < 4.78 is 0. The van der Waals surface area contributed by atoms with E-state index in [1.54, 1.807) is 6.20 Å². The van der Waals surface area contributed by atoms with Gasteiger partial charge in [-0.2, -0.15) is 0 Å². The van der Waals surface area contributed by atoms with Crippen molar-refractivity contribution in [2.75, 3.05) is 0 Å². The molecular weight excluding hydrogens is 346 g/mol. The maximum Gasteiger partial charge on any atom is 0.0809 e. The third-order valence-corrected chi connectivity index (χ3v) is 8.98. The zero-order valence-corrected chi connectivity index (χ0v) is 17.1. The molecule has 1 aromatic rings. The molecule has 0 radical (unpaired) electrons. The van der Waals surface area contributed by atoms with Crippen LogP contribution in [-0.2, 0) is 0 Å². The van der Waals surface area contributed by atoms with E-state index in [0.29, 0.717) is 17.8 Å². The first-order chi connectivity index (χ1) is 13.4. The first-order valence-electron chi connectivity index (χ1n) is 11.1. The van der Waals surface area contributed by atoms with E-state index in [1.165, 1.54) is 17.6 Å². The van der Waals surface area contributed by atoms with Crippen molar-refractivity contribution in [1.82, 2.24) is 4.98 Å². The van der Waals surface area contributed by atoms with Crippen LogP contribution < -0.4 is 0 Å². The minimum Gasteiger partial charge on any atom is -0.393 e. The van der Waals surface area contributed by atoms with Crippen LogP contribution in [0.3, 0.4) is 0 Å². The van der Waals surface area contributed by atoms with E-state index in [9.17, 15) is 10.2 Å². The largest absolute Gasteiger partial charge is 0.393 e.